The highest BCUT2D eigenvalue weighted by Crippen LogP contribution is 2.41. The minimum Gasteiger partial charge on any atom is -0.343 e. The Hall–Kier alpha value is -4.65. The van der Waals surface area contributed by atoms with Gasteiger partial charge in [-0.05, 0) is 50.3 Å². The standard InChI is InChI=1S/C26H23ClFN11O/c1-14-32-33-15(2)39(14)22-7-17(16-3-4-16)9-37-10-18(31-25(22)37)11-38-12-21(34-35-38)26(40)29-8-20-24-23(28)19(27)5-6-36(24)13-30-20/h5-7,9-10,12-13,16H,3-4,8,11H2,1-2H3,(H,29,40)/p+1. The van der Waals surface area contributed by atoms with Crippen LogP contribution >= 0.6 is 11.6 Å². The van der Waals surface area contributed by atoms with E-state index in [0.717, 1.165) is 28.7 Å². The second-order valence-corrected chi connectivity index (χ2v) is 10.4. The van der Waals surface area contributed by atoms with Gasteiger partial charge in [0.1, 0.15) is 22.9 Å². The molecule has 6 heterocycles. The highest BCUT2D eigenvalue weighted by atomic mass is 35.5. The number of aromatic amines is 1. The molecule has 1 fully saturated rings. The summed E-state index contributed by atoms with van der Waals surface area (Å²) < 4.78 is 21.8. The zero-order valence-corrected chi connectivity index (χ0v) is 22.4. The van der Waals surface area contributed by atoms with E-state index in [1.807, 2.05) is 29.0 Å². The molecule has 0 unspecified atom stereocenters. The lowest BCUT2D eigenvalue weighted by atomic mass is 10.1. The van der Waals surface area contributed by atoms with Crippen molar-refractivity contribution in [1.82, 2.24) is 49.2 Å². The summed E-state index contributed by atoms with van der Waals surface area (Å²) in [6.45, 7) is 4.24. The summed E-state index contributed by atoms with van der Waals surface area (Å²) in [6, 6.07) is 3.63. The maximum absolute atomic E-state index is 14.5. The van der Waals surface area contributed by atoms with Crippen molar-refractivity contribution in [2.75, 3.05) is 0 Å². The number of H-pyrrole nitrogens is 1. The third kappa shape index (κ3) is 4.18. The summed E-state index contributed by atoms with van der Waals surface area (Å²) in [5.41, 5.74) is 4.55. The van der Waals surface area contributed by atoms with Crippen molar-refractivity contribution in [3.05, 3.63) is 88.4 Å². The van der Waals surface area contributed by atoms with Gasteiger partial charge in [0.2, 0.25) is 0 Å². The highest BCUT2D eigenvalue weighted by Gasteiger charge is 2.27. The van der Waals surface area contributed by atoms with Crippen molar-refractivity contribution < 1.29 is 13.9 Å². The summed E-state index contributed by atoms with van der Waals surface area (Å²) in [4.78, 5) is 21.9. The molecule has 1 aliphatic carbocycles. The van der Waals surface area contributed by atoms with Crippen LogP contribution in [0.15, 0.2) is 43.2 Å². The molecule has 40 heavy (non-hydrogen) atoms. The second-order valence-electron chi connectivity index (χ2n) is 9.99. The first-order valence-corrected chi connectivity index (χ1v) is 13.2. The van der Waals surface area contributed by atoms with Crippen molar-refractivity contribution >= 4 is 28.7 Å². The van der Waals surface area contributed by atoms with Gasteiger partial charge in [-0.25, -0.2) is 14.4 Å². The first-order chi connectivity index (χ1) is 19.4. The Labute approximate surface area is 231 Å². The SMILES string of the molecule is Cc1nnc(C)n1-c1cc(C2CC2)cn2cc(C[n+]3cc(C(=O)NCc4ncn5ccc(Cl)c(F)c45)n[nH]3)nc12. The van der Waals surface area contributed by atoms with E-state index in [0.29, 0.717) is 18.2 Å². The Balaban J connectivity index is 1.12. The van der Waals surface area contributed by atoms with Gasteiger partial charge in [-0.1, -0.05) is 16.8 Å². The minimum atomic E-state index is -0.585. The van der Waals surface area contributed by atoms with Crippen LogP contribution in [0.4, 0.5) is 4.39 Å². The number of rotatable bonds is 7. The maximum Gasteiger partial charge on any atom is 0.305 e. The highest BCUT2D eigenvalue weighted by molar-refractivity contribution is 6.31. The molecular weight excluding hydrogens is 537 g/mol. The number of imidazole rings is 2. The van der Waals surface area contributed by atoms with Crippen molar-refractivity contribution in [2.45, 2.75) is 45.7 Å². The topological polar surface area (TPSA) is 127 Å². The number of fused-ring (bicyclic) bond motifs is 2. The maximum atomic E-state index is 14.5. The van der Waals surface area contributed by atoms with Crippen LogP contribution in [0.3, 0.4) is 0 Å². The van der Waals surface area contributed by atoms with E-state index in [2.05, 4.69) is 43.1 Å². The number of nitrogens with one attached hydrogen (secondary N) is 2. The number of halogens is 2. The largest absolute Gasteiger partial charge is 0.343 e. The van der Waals surface area contributed by atoms with E-state index in [4.69, 9.17) is 16.6 Å². The molecule has 0 aromatic carbocycles. The summed E-state index contributed by atoms with van der Waals surface area (Å²) >= 11 is 5.91. The lowest BCUT2D eigenvalue weighted by Crippen LogP contribution is -2.36. The number of nitrogens with zero attached hydrogens (tertiary/aromatic N) is 9. The van der Waals surface area contributed by atoms with Gasteiger partial charge < -0.3 is 14.1 Å². The van der Waals surface area contributed by atoms with E-state index >= 15 is 0 Å². The molecular formula is C26H24ClFN11O+. The Morgan fingerprint density at radius 2 is 2.02 bits per heavy atom. The Morgan fingerprint density at radius 3 is 2.80 bits per heavy atom. The van der Waals surface area contributed by atoms with Gasteiger partial charge in [-0.15, -0.1) is 10.2 Å². The predicted molar refractivity (Wildman–Crippen MR) is 141 cm³/mol. The van der Waals surface area contributed by atoms with Crippen molar-refractivity contribution in [1.29, 1.82) is 0 Å². The van der Waals surface area contributed by atoms with Crippen LogP contribution in [0, 0.1) is 19.7 Å². The molecule has 0 spiro atoms. The average molecular weight is 561 g/mol. The lowest BCUT2D eigenvalue weighted by molar-refractivity contribution is -0.746. The monoisotopic (exact) mass is 560 g/mol. The predicted octanol–water partition coefficient (Wildman–Crippen LogP) is 2.84. The molecule has 1 saturated carbocycles. The molecule has 202 valence electrons. The fourth-order valence-electron chi connectivity index (χ4n) is 5.01. The second kappa shape index (κ2) is 9.23. The number of carbonyl (C=O) groups excluding carboxylic acids is 1. The summed E-state index contributed by atoms with van der Waals surface area (Å²) in [6.07, 6.45) is 11.2. The van der Waals surface area contributed by atoms with Gasteiger partial charge in [0, 0.05) is 18.6 Å². The quantitative estimate of drug-likeness (QED) is 0.289. The average Bonchev–Trinajstić information content (AvgIpc) is 3.23. The number of hydrogen-bond acceptors (Lipinski definition) is 6. The molecule has 0 aliphatic heterocycles. The van der Waals surface area contributed by atoms with Gasteiger partial charge in [-0.3, -0.25) is 9.36 Å². The Bertz CT molecular complexity index is 1910. The Morgan fingerprint density at radius 1 is 1.23 bits per heavy atom. The normalized spacial score (nSPS) is 13.5. The van der Waals surface area contributed by atoms with Crippen LogP contribution in [0.2, 0.25) is 5.02 Å². The van der Waals surface area contributed by atoms with E-state index in [9.17, 15) is 9.18 Å². The molecule has 1 amide bonds. The molecule has 0 bridgehead atoms. The molecule has 0 atom stereocenters. The number of pyridine rings is 2. The molecule has 0 saturated heterocycles. The van der Waals surface area contributed by atoms with Crippen molar-refractivity contribution in [2.24, 2.45) is 0 Å². The van der Waals surface area contributed by atoms with E-state index in [1.54, 1.807) is 17.1 Å². The number of hydrogen-bond donors (Lipinski definition) is 2. The first kappa shape index (κ1) is 24.4. The third-order valence-electron chi connectivity index (χ3n) is 7.11. The fourth-order valence-corrected chi connectivity index (χ4v) is 5.15. The van der Waals surface area contributed by atoms with Gasteiger partial charge in [0.25, 0.3) is 0 Å². The smallest absolute Gasteiger partial charge is 0.305 e. The lowest BCUT2D eigenvalue weighted by Gasteiger charge is -2.10. The molecule has 6 aromatic heterocycles. The van der Waals surface area contributed by atoms with Crippen LogP contribution < -0.4 is 10.00 Å². The Kier molecular flexibility index (Phi) is 5.63. The fraction of sp³-hybridized carbons (Fsp3) is 0.269. The molecule has 14 heteroatoms. The summed E-state index contributed by atoms with van der Waals surface area (Å²) in [5, 5.41) is 18.2. The zero-order valence-electron chi connectivity index (χ0n) is 21.6. The molecule has 6 aromatic rings. The number of carbonyl (C=O) groups is 1. The van der Waals surface area contributed by atoms with Crippen LogP contribution in [0.5, 0.6) is 0 Å². The van der Waals surface area contributed by atoms with E-state index in [-0.39, 0.29) is 22.8 Å². The molecule has 12 nitrogen and oxygen atoms in total. The van der Waals surface area contributed by atoms with Crippen LogP contribution in [0.1, 0.15) is 57.8 Å². The number of aryl methyl sites for hydroxylation is 2. The van der Waals surface area contributed by atoms with Crippen LogP contribution in [-0.2, 0) is 13.1 Å². The van der Waals surface area contributed by atoms with Gasteiger partial charge in [0.05, 0.1) is 34.4 Å². The minimum absolute atomic E-state index is 0.0105. The van der Waals surface area contributed by atoms with E-state index in [1.165, 1.54) is 35.2 Å². The zero-order chi connectivity index (χ0) is 27.5. The van der Waals surface area contributed by atoms with Crippen molar-refractivity contribution in [3.8, 4) is 5.69 Å². The van der Waals surface area contributed by atoms with Crippen LogP contribution in [0.25, 0.3) is 16.9 Å². The van der Waals surface area contributed by atoms with Gasteiger partial charge >= 0.3 is 11.6 Å². The molecule has 0 radical (unpaired) electrons. The number of amides is 1. The molecule has 1 aliphatic rings. The summed E-state index contributed by atoms with van der Waals surface area (Å²) in [5.74, 6) is 1.14. The molecule has 2 N–H and O–H groups in total. The third-order valence-corrected chi connectivity index (χ3v) is 7.40. The molecule has 7 rings (SSSR count). The summed E-state index contributed by atoms with van der Waals surface area (Å²) in [7, 11) is 0. The first-order valence-electron chi connectivity index (χ1n) is 12.8. The van der Waals surface area contributed by atoms with Crippen molar-refractivity contribution in [3.63, 3.8) is 0 Å². The van der Waals surface area contributed by atoms with Gasteiger partial charge in [0.15, 0.2) is 24.2 Å². The number of aromatic nitrogens is 10. The van der Waals surface area contributed by atoms with Gasteiger partial charge in [-0.2, -0.15) is 4.68 Å². The van der Waals surface area contributed by atoms with E-state index < -0.39 is 11.7 Å². The van der Waals surface area contributed by atoms with Crippen LogP contribution in [-0.4, -0.2) is 49.8 Å².